The lowest BCUT2D eigenvalue weighted by atomic mass is 9.64. The summed E-state index contributed by atoms with van der Waals surface area (Å²) in [5, 5.41) is 0. The Morgan fingerprint density at radius 2 is 1.55 bits per heavy atom. The molecule has 0 amide bonds. The van der Waals surface area contributed by atoms with Crippen molar-refractivity contribution in [2.45, 2.75) is 57.7 Å². The van der Waals surface area contributed by atoms with E-state index in [1.54, 1.807) is 12.1 Å². The second-order valence-electron chi connectivity index (χ2n) is 8.76. The first-order valence-corrected chi connectivity index (χ1v) is 10.4. The molecule has 0 radical (unpaired) electrons. The molecule has 2 aromatic carbocycles. The van der Waals surface area contributed by atoms with Gasteiger partial charge in [0, 0.05) is 5.56 Å². The molecule has 0 bridgehead atoms. The summed E-state index contributed by atoms with van der Waals surface area (Å²) >= 11 is 0. The van der Waals surface area contributed by atoms with Gasteiger partial charge in [0.2, 0.25) is 0 Å². The van der Waals surface area contributed by atoms with Gasteiger partial charge >= 0.3 is 6.36 Å². The second kappa shape index (κ2) is 8.00. The van der Waals surface area contributed by atoms with Crippen LogP contribution < -0.4 is 4.74 Å². The zero-order valence-electron chi connectivity index (χ0n) is 16.5. The maximum Gasteiger partial charge on any atom is 0.573 e. The zero-order chi connectivity index (χ0) is 20.6. The monoisotopic (exact) mass is 406 g/mol. The lowest BCUT2D eigenvalue weighted by Crippen LogP contribution is -2.29. The van der Waals surface area contributed by atoms with Gasteiger partial charge in [-0.05, 0) is 85.1 Å². The van der Waals surface area contributed by atoms with Crippen molar-refractivity contribution in [1.82, 2.24) is 0 Å². The van der Waals surface area contributed by atoms with E-state index >= 15 is 0 Å². The average Bonchev–Trinajstić information content (AvgIpc) is 2.67. The van der Waals surface area contributed by atoms with Crippen molar-refractivity contribution in [2.24, 2.45) is 17.8 Å². The summed E-state index contributed by atoms with van der Waals surface area (Å²) in [6, 6.07) is 10.7. The molecule has 2 aliphatic rings. The van der Waals surface area contributed by atoms with E-state index in [2.05, 4.69) is 11.7 Å². The van der Waals surface area contributed by atoms with Crippen LogP contribution in [0.15, 0.2) is 42.5 Å². The maximum absolute atomic E-state index is 14.8. The van der Waals surface area contributed by atoms with Gasteiger partial charge in [0.05, 0.1) is 0 Å². The molecule has 2 saturated carbocycles. The topological polar surface area (TPSA) is 9.23 Å². The van der Waals surface area contributed by atoms with Crippen LogP contribution in [0.25, 0.3) is 11.1 Å². The summed E-state index contributed by atoms with van der Waals surface area (Å²) in [5.74, 6) is 2.18. The van der Waals surface area contributed by atoms with Crippen LogP contribution in [-0.2, 0) is 0 Å². The van der Waals surface area contributed by atoms with Crippen LogP contribution in [0.5, 0.6) is 5.75 Å². The van der Waals surface area contributed by atoms with Crippen molar-refractivity contribution < 1.29 is 22.3 Å². The van der Waals surface area contributed by atoms with Gasteiger partial charge in [-0.25, -0.2) is 4.39 Å². The summed E-state index contributed by atoms with van der Waals surface area (Å²) in [6.07, 6.45) is 2.66. The van der Waals surface area contributed by atoms with E-state index in [0.717, 1.165) is 36.2 Å². The van der Waals surface area contributed by atoms with Gasteiger partial charge in [0.1, 0.15) is 11.6 Å². The van der Waals surface area contributed by atoms with Crippen molar-refractivity contribution >= 4 is 0 Å². The molecular formula is C24H26F4O. The second-order valence-corrected chi connectivity index (χ2v) is 8.76. The minimum absolute atomic E-state index is 0.308. The number of ether oxygens (including phenoxy) is 1. The van der Waals surface area contributed by atoms with Gasteiger partial charge in [0.25, 0.3) is 0 Å². The van der Waals surface area contributed by atoms with Crippen LogP contribution in [0, 0.1) is 23.6 Å². The molecule has 29 heavy (non-hydrogen) atoms. The maximum atomic E-state index is 14.8. The summed E-state index contributed by atoms with van der Waals surface area (Å²) in [7, 11) is 0. The summed E-state index contributed by atoms with van der Waals surface area (Å²) in [6.45, 7) is 2.35. The van der Waals surface area contributed by atoms with Crippen LogP contribution in [0.2, 0.25) is 0 Å². The molecule has 4 unspecified atom stereocenters. The van der Waals surface area contributed by atoms with E-state index in [9.17, 15) is 17.6 Å². The highest BCUT2D eigenvalue weighted by atomic mass is 19.4. The largest absolute Gasteiger partial charge is 0.573 e. The Morgan fingerprint density at radius 3 is 2.24 bits per heavy atom. The molecule has 4 rings (SSSR count). The zero-order valence-corrected chi connectivity index (χ0v) is 16.5. The van der Waals surface area contributed by atoms with Crippen molar-refractivity contribution in [1.29, 1.82) is 0 Å². The molecule has 156 valence electrons. The Morgan fingerprint density at radius 1 is 0.862 bits per heavy atom. The molecule has 0 N–H and O–H groups in total. The number of halogens is 4. The fourth-order valence-electron chi connectivity index (χ4n) is 5.28. The van der Waals surface area contributed by atoms with E-state index in [-0.39, 0.29) is 11.6 Å². The summed E-state index contributed by atoms with van der Waals surface area (Å²) < 4.78 is 55.6. The molecule has 0 spiro atoms. The highest BCUT2D eigenvalue weighted by Crippen LogP contribution is 2.47. The number of hydrogen-bond donors (Lipinski definition) is 0. The first-order chi connectivity index (χ1) is 13.8. The van der Waals surface area contributed by atoms with Gasteiger partial charge in [-0.3, -0.25) is 0 Å². The molecule has 0 saturated heterocycles. The number of benzene rings is 2. The van der Waals surface area contributed by atoms with E-state index < -0.39 is 6.36 Å². The third-order valence-corrected chi connectivity index (χ3v) is 6.74. The predicted molar refractivity (Wildman–Crippen MR) is 105 cm³/mol. The molecular weight excluding hydrogens is 380 g/mol. The van der Waals surface area contributed by atoms with Crippen molar-refractivity contribution in [3.63, 3.8) is 0 Å². The van der Waals surface area contributed by atoms with Gasteiger partial charge in [-0.1, -0.05) is 37.6 Å². The van der Waals surface area contributed by atoms with E-state index in [4.69, 9.17) is 0 Å². The highest BCUT2D eigenvalue weighted by Gasteiger charge is 2.35. The lowest BCUT2D eigenvalue weighted by molar-refractivity contribution is -0.274. The van der Waals surface area contributed by atoms with E-state index in [1.165, 1.54) is 49.9 Å². The van der Waals surface area contributed by atoms with Crippen LogP contribution in [0.4, 0.5) is 17.6 Å². The van der Waals surface area contributed by atoms with E-state index in [1.807, 2.05) is 6.07 Å². The Kier molecular flexibility index (Phi) is 5.58. The first-order valence-electron chi connectivity index (χ1n) is 10.4. The first kappa shape index (κ1) is 20.2. The number of fused-ring (bicyclic) bond motifs is 1. The van der Waals surface area contributed by atoms with E-state index in [0.29, 0.717) is 17.0 Å². The van der Waals surface area contributed by atoms with Gasteiger partial charge in [-0.2, -0.15) is 0 Å². The Bertz CT molecular complexity index is 843. The quantitative estimate of drug-likeness (QED) is 0.474. The molecule has 4 atom stereocenters. The average molecular weight is 406 g/mol. The summed E-state index contributed by atoms with van der Waals surface area (Å²) in [4.78, 5) is 0. The van der Waals surface area contributed by atoms with Crippen LogP contribution in [0.3, 0.4) is 0 Å². The van der Waals surface area contributed by atoms with Gasteiger partial charge in [-0.15, -0.1) is 13.2 Å². The number of hydrogen-bond acceptors (Lipinski definition) is 1. The molecule has 5 heteroatoms. The number of rotatable bonds is 3. The summed E-state index contributed by atoms with van der Waals surface area (Å²) in [5.41, 5.74) is 1.97. The van der Waals surface area contributed by atoms with Crippen molar-refractivity contribution in [3.05, 3.63) is 53.8 Å². The number of alkyl halides is 3. The standard InChI is InChI=1S/C24H26F4O/c1-15-2-3-18-13-19(5-4-17(18)12-15)20-8-11-22(23(25)14-20)16-6-9-21(10-7-16)29-24(26,27)28/h6-11,14-15,17-19H,2-5,12-13H2,1H3. The van der Waals surface area contributed by atoms with Gasteiger partial charge < -0.3 is 4.74 Å². The van der Waals surface area contributed by atoms with Crippen molar-refractivity contribution in [2.75, 3.05) is 0 Å². The molecule has 2 aliphatic carbocycles. The van der Waals surface area contributed by atoms with Crippen LogP contribution >= 0.6 is 0 Å². The SMILES string of the molecule is CC1CCC2CC(c3ccc(-c4ccc(OC(F)(F)F)cc4)c(F)c3)CCC2C1. The molecule has 0 aliphatic heterocycles. The highest BCUT2D eigenvalue weighted by molar-refractivity contribution is 5.65. The van der Waals surface area contributed by atoms with Crippen LogP contribution in [-0.4, -0.2) is 6.36 Å². The fourth-order valence-corrected chi connectivity index (χ4v) is 5.28. The Labute approximate surface area is 169 Å². The van der Waals surface area contributed by atoms with Crippen molar-refractivity contribution in [3.8, 4) is 16.9 Å². The third kappa shape index (κ3) is 4.76. The Hall–Kier alpha value is -2.04. The minimum Gasteiger partial charge on any atom is -0.406 e. The van der Waals surface area contributed by atoms with Crippen LogP contribution in [0.1, 0.15) is 56.9 Å². The molecule has 0 aromatic heterocycles. The predicted octanol–water partition coefficient (Wildman–Crippen LogP) is 7.71. The fraction of sp³-hybridized carbons (Fsp3) is 0.500. The minimum atomic E-state index is -4.73. The molecule has 1 nitrogen and oxygen atoms in total. The normalized spacial score (nSPS) is 27.3. The smallest absolute Gasteiger partial charge is 0.406 e. The third-order valence-electron chi connectivity index (χ3n) is 6.74. The van der Waals surface area contributed by atoms with Gasteiger partial charge in [0.15, 0.2) is 0 Å². The Balaban J connectivity index is 1.47. The molecule has 2 fully saturated rings. The molecule has 0 heterocycles. The lowest BCUT2D eigenvalue weighted by Gasteiger charge is -2.41. The molecule has 2 aromatic rings.